The number of carbonyl (C=O) groups is 1. The van der Waals surface area contributed by atoms with Gasteiger partial charge in [-0.05, 0) is 31.7 Å². The van der Waals surface area contributed by atoms with Gasteiger partial charge < -0.3 is 15.5 Å². The zero-order valence-corrected chi connectivity index (χ0v) is 18.1. The Labute approximate surface area is 188 Å². The molecule has 0 bridgehead atoms. The molecule has 174 valence electrons. The van der Waals surface area contributed by atoms with Crippen molar-refractivity contribution < 1.29 is 18.0 Å². The summed E-state index contributed by atoms with van der Waals surface area (Å²) in [4.78, 5) is 14.3. The van der Waals surface area contributed by atoms with Crippen LogP contribution in [0.15, 0.2) is 36.5 Å². The molecule has 3 aromatic rings. The Morgan fingerprint density at radius 3 is 2.39 bits per heavy atom. The second-order valence-corrected chi connectivity index (χ2v) is 8.70. The Morgan fingerprint density at radius 2 is 1.79 bits per heavy atom. The van der Waals surface area contributed by atoms with E-state index in [4.69, 9.17) is 0 Å². The summed E-state index contributed by atoms with van der Waals surface area (Å²) in [7, 11) is 1.85. The van der Waals surface area contributed by atoms with Gasteiger partial charge in [0.1, 0.15) is 11.2 Å². The van der Waals surface area contributed by atoms with Crippen molar-refractivity contribution in [3.05, 3.63) is 36.5 Å². The molecule has 2 N–H and O–H groups in total. The number of nitrogens with one attached hydrogen (secondary N) is 2. The first-order chi connectivity index (χ1) is 15.8. The molecule has 0 radical (unpaired) electrons. The lowest BCUT2D eigenvalue weighted by atomic mass is 10.0. The molecule has 33 heavy (non-hydrogen) atoms. The van der Waals surface area contributed by atoms with E-state index in [9.17, 15) is 18.0 Å². The molecule has 8 nitrogen and oxygen atoms in total. The van der Waals surface area contributed by atoms with E-state index in [1.807, 2.05) is 37.4 Å². The highest BCUT2D eigenvalue weighted by Crippen LogP contribution is 2.48. The Hall–Kier alpha value is -3.37. The van der Waals surface area contributed by atoms with E-state index in [2.05, 4.69) is 30.8 Å². The third kappa shape index (κ3) is 3.96. The van der Waals surface area contributed by atoms with Crippen molar-refractivity contribution in [1.29, 1.82) is 0 Å². The molecule has 0 atom stereocenters. The van der Waals surface area contributed by atoms with Crippen LogP contribution in [-0.2, 0) is 7.05 Å². The van der Waals surface area contributed by atoms with Crippen LogP contribution in [0.5, 0.6) is 0 Å². The number of hydrogen-bond acceptors (Lipinski definition) is 5. The van der Waals surface area contributed by atoms with Crippen LogP contribution in [0.3, 0.4) is 0 Å². The molecule has 1 saturated carbocycles. The van der Waals surface area contributed by atoms with Gasteiger partial charge in [0.2, 0.25) is 0 Å². The number of benzene rings is 1. The van der Waals surface area contributed by atoms with E-state index in [1.165, 1.54) is 0 Å². The molecule has 2 amide bonds. The Morgan fingerprint density at radius 1 is 1.09 bits per heavy atom. The molecule has 2 aliphatic rings. The molecule has 2 aromatic heterocycles. The third-order valence-electron chi connectivity index (χ3n) is 6.51. The summed E-state index contributed by atoms with van der Waals surface area (Å²) in [5, 5.41) is 20.0. The molecular formula is C22H24F3N7O. The Bertz CT molecular complexity index is 1180. The number of carbonyl (C=O) groups excluding carboxylic acids is 1. The highest BCUT2D eigenvalue weighted by atomic mass is 19.4. The van der Waals surface area contributed by atoms with E-state index in [0.717, 1.165) is 28.0 Å². The van der Waals surface area contributed by atoms with Crippen LogP contribution in [0.4, 0.5) is 23.8 Å². The van der Waals surface area contributed by atoms with Crippen molar-refractivity contribution in [3.8, 4) is 11.4 Å². The van der Waals surface area contributed by atoms with Crippen LogP contribution in [0.2, 0.25) is 0 Å². The summed E-state index contributed by atoms with van der Waals surface area (Å²) in [5.41, 5.74) is -0.435. The highest BCUT2D eigenvalue weighted by Gasteiger charge is 2.64. The number of aryl methyl sites for hydroxylation is 1. The zero-order valence-electron chi connectivity index (χ0n) is 18.1. The van der Waals surface area contributed by atoms with Gasteiger partial charge in [0.05, 0.1) is 5.69 Å². The van der Waals surface area contributed by atoms with Gasteiger partial charge in [-0.3, -0.25) is 4.68 Å². The average Bonchev–Trinajstić information content (AvgIpc) is 3.46. The lowest BCUT2D eigenvalue weighted by molar-refractivity contribution is -0.162. The summed E-state index contributed by atoms with van der Waals surface area (Å²) in [6.45, 7) is 1.22. The maximum Gasteiger partial charge on any atom is 0.411 e. The first kappa shape index (κ1) is 21.5. The maximum atomic E-state index is 13.1. The second kappa shape index (κ2) is 7.89. The smallest absolute Gasteiger partial charge is 0.354 e. The van der Waals surface area contributed by atoms with E-state index in [-0.39, 0.29) is 18.9 Å². The monoisotopic (exact) mass is 459 g/mol. The molecule has 2 fully saturated rings. The molecule has 1 aromatic carbocycles. The molecule has 1 saturated heterocycles. The van der Waals surface area contributed by atoms with Crippen LogP contribution in [-0.4, -0.2) is 56.9 Å². The van der Waals surface area contributed by atoms with Gasteiger partial charge in [-0.2, -0.15) is 18.3 Å². The molecule has 0 spiro atoms. The number of hydrogen-bond donors (Lipinski definition) is 2. The van der Waals surface area contributed by atoms with Crippen molar-refractivity contribution in [2.75, 3.05) is 18.0 Å². The van der Waals surface area contributed by atoms with Crippen molar-refractivity contribution in [2.24, 2.45) is 7.05 Å². The largest absolute Gasteiger partial charge is 0.411 e. The number of alkyl halides is 3. The minimum absolute atomic E-state index is 0.0665. The predicted molar refractivity (Wildman–Crippen MR) is 117 cm³/mol. The van der Waals surface area contributed by atoms with Gasteiger partial charge in [0, 0.05) is 43.1 Å². The van der Waals surface area contributed by atoms with E-state index in [1.54, 1.807) is 10.9 Å². The molecule has 11 heteroatoms. The number of rotatable bonds is 4. The fraction of sp³-hybridized carbons (Fsp3) is 0.455. The number of amides is 2. The molecule has 0 unspecified atom stereocenters. The first-order valence-electron chi connectivity index (χ1n) is 10.9. The van der Waals surface area contributed by atoms with Gasteiger partial charge in [-0.25, -0.2) is 4.79 Å². The summed E-state index contributed by atoms with van der Waals surface area (Å²) >= 11 is 0. The molecule has 1 aliphatic carbocycles. The quantitative estimate of drug-likeness (QED) is 0.625. The number of piperidine rings is 1. The molecular weight excluding hydrogens is 435 g/mol. The number of anilines is 1. The van der Waals surface area contributed by atoms with Crippen LogP contribution in [0, 0.1) is 0 Å². The Kier molecular flexibility index (Phi) is 5.13. The van der Waals surface area contributed by atoms with E-state index >= 15 is 0 Å². The fourth-order valence-corrected chi connectivity index (χ4v) is 4.40. The predicted octanol–water partition coefficient (Wildman–Crippen LogP) is 3.39. The Balaban J connectivity index is 1.28. The molecule has 1 aliphatic heterocycles. The zero-order chi connectivity index (χ0) is 23.2. The first-order valence-corrected chi connectivity index (χ1v) is 10.9. The second-order valence-electron chi connectivity index (χ2n) is 8.70. The summed E-state index contributed by atoms with van der Waals surface area (Å²) < 4.78 is 41.0. The number of nitrogens with zero attached hydrogens (tertiary/aromatic N) is 5. The van der Waals surface area contributed by atoms with Crippen LogP contribution < -0.4 is 15.5 Å². The molecule has 3 heterocycles. The van der Waals surface area contributed by atoms with Gasteiger partial charge in [0.15, 0.2) is 5.82 Å². The topological polar surface area (TPSA) is 88.0 Å². The lowest BCUT2D eigenvalue weighted by Gasteiger charge is -2.34. The SMILES string of the molecule is Cn1nccc1-c1nnc(N2CCC(NC(=O)NC3(C(F)(F)F)CC3)CC2)c2ccccc12. The third-order valence-corrected chi connectivity index (χ3v) is 6.51. The lowest BCUT2D eigenvalue weighted by Crippen LogP contribution is -2.55. The normalized spacial score (nSPS) is 18.4. The van der Waals surface area contributed by atoms with Crippen molar-refractivity contribution in [1.82, 2.24) is 30.6 Å². The van der Waals surface area contributed by atoms with E-state index < -0.39 is 17.7 Å². The van der Waals surface area contributed by atoms with Gasteiger partial charge in [-0.15, -0.1) is 10.2 Å². The summed E-state index contributed by atoms with van der Waals surface area (Å²) in [5.74, 6) is 0.758. The fourth-order valence-electron chi connectivity index (χ4n) is 4.40. The average molecular weight is 459 g/mol. The number of aromatic nitrogens is 4. The highest BCUT2D eigenvalue weighted by molar-refractivity contribution is 5.99. The minimum Gasteiger partial charge on any atom is -0.354 e. The standard InChI is InChI=1S/C22H24F3N7O/c1-31-17(6-11-26-31)18-15-4-2-3-5-16(15)19(30-29-18)32-12-7-14(8-13-32)27-20(33)28-21(9-10-21)22(23,24)25/h2-6,11,14H,7-10,12-13H2,1H3,(H2,27,28,33). The van der Waals surface area contributed by atoms with Gasteiger partial charge >= 0.3 is 12.2 Å². The minimum atomic E-state index is -4.42. The van der Waals surface area contributed by atoms with Crippen molar-refractivity contribution >= 4 is 22.6 Å². The molecule has 5 rings (SSSR count). The van der Waals surface area contributed by atoms with Crippen LogP contribution >= 0.6 is 0 Å². The maximum absolute atomic E-state index is 13.1. The summed E-state index contributed by atoms with van der Waals surface area (Å²) in [6.07, 6.45) is -1.63. The van der Waals surface area contributed by atoms with E-state index in [0.29, 0.717) is 25.9 Å². The van der Waals surface area contributed by atoms with Crippen molar-refractivity contribution in [3.63, 3.8) is 0 Å². The van der Waals surface area contributed by atoms with Gasteiger partial charge in [0.25, 0.3) is 0 Å². The van der Waals surface area contributed by atoms with Crippen LogP contribution in [0.25, 0.3) is 22.2 Å². The number of urea groups is 1. The van der Waals surface area contributed by atoms with Crippen LogP contribution in [0.1, 0.15) is 25.7 Å². The number of fused-ring (bicyclic) bond motifs is 1. The number of halogens is 3. The summed E-state index contributed by atoms with van der Waals surface area (Å²) in [6, 6.07) is 8.85. The van der Waals surface area contributed by atoms with Crippen molar-refractivity contribution in [2.45, 2.75) is 43.4 Å². The van der Waals surface area contributed by atoms with Gasteiger partial charge in [-0.1, -0.05) is 24.3 Å².